The highest BCUT2D eigenvalue weighted by molar-refractivity contribution is 7.99. The third-order valence-electron chi connectivity index (χ3n) is 3.48. The molecule has 1 heterocycles. The van der Waals surface area contributed by atoms with E-state index in [1.807, 2.05) is 28.7 Å². The van der Waals surface area contributed by atoms with Gasteiger partial charge in [-0.1, -0.05) is 19.1 Å². The molecule has 20 heavy (non-hydrogen) atoms. The van der Waals surface area contributed by atoms with Crippen LogP contribution in [0.25, 0.3) is 5.69 Å². The Morgan fingerprint density at radius 2 is 2.05 bits per heavy atom. The SMILES string of the molecule is CS[C@@H](C)CCN(C)Cc1ccc(-n2cccn2)cc1. The van der Waals surface area contributed by atoms with Crippen molar-refractivity contribution in [2.24, 2.45) is 0 Å². The van der Waals surface area contributed by atoms with E-state index < -0.39 is 0 Å². The molecule has 0 saturated carbocycles. The summed E-state index contributed by atoms with van der Waals surface area (Å²) in [4.78, 5) is 2.38. The van der Waals surface area contributed by atoms with Gasteiger partial charge in [0.05, 0.1) is 5.69 Å². The van der Waals surface area contributed by atoms with Crippen LogP contribution < -0.4 is 0 Å². The van der Waals surface area contributed by atoms with Crippen LogP contribution in [-0.2, 0) is 6.54 Å². The average Bonchev–Trinajstić information content (AvgIpc) is 2.99. The van der Waals surface area contributed by atoms with Gasteiger partial charge in [-0.05, 0) is 50.0 Å². The van der Waals surface area contributed by atoms with Crippen molar-refractivity contribution >= 4 is 11.8 Å². The normalized spacial score (nSPS) is 12.8. The number of thioether (sulfide) groups is 1. The van der Waals surface area contributed by atoms with Crippen molar-refractivity contribution in [3.05, 3.63) is 48.3 Å². The summed E-state index contributed by atoms with van der Waals surface area (Å²) in [6.45, 7) is 4.43. The van der Waals surface area contributed by atoms with Crippen LogP contribution in [0.4, 0.5) is 0 Å². The summed E-state index contributed by atoms with van der Waals surface area (Å²) in [5, 5.41) is 4.98. The Morgan fingerprint density at radius 3 is 2.65 bits per heavy atom. The zero-order valence-corrected chi connectivity index (χ0v) is 13.3. The molecule has 0 bridgehead atoms. The maximum absolute atomic E-state index is 4.24. The summed E-state index contributed by atoms with van der Waals surface area (Å²) < 4.78 is 1.88. The zero-order valence-electron chi connectivity index (χ0n) is 12.5. The average molecular weight is 289 g/mol. The molecule has 0 aliphatic rings. The van der Waals surface area contributed by atoms with Crippen LogP contribution in [-0.4, -0.2) is 39.8 Å². The first-order chi connectivity index (χ1) is 9.69. The second-order valence-corrected chi connectivity index (χ2v) is 6.47. The second kappa shape index (κ2) is 7.50. The van der Waals surface area contributed by atoms with Crippen molar-refractivity contribution in [2.45, 2.75) is 25.1 Å². The summed E-state index contributed by atoms with van der Waals surface area (Å²) in [5.41, 5.74) is 2.46. The predicted octanol–water partition coefficient (Wildman–Crippen LogP) is 3.45. The Kier molecular flexibility index (Phi) is 5.68. The summed E-state index contributed by atoms with van der Waals surface area (Å²) in [7, 11) is 2.19. The van der Waals surface area contributed by atoms with E-state index in [0.29, 0.717) is 0 Å². The topological polar surface area (TPSA) is 21.1 Å². The lowest BCUT2D eigenvalue weighted by atomic mass is 10.2. The van der Waals surface area contributed by atoms with Gasteiger partial charge in [-0.25, -0.2) is 4.68 Å². The van der Waals surface area contributed by atoms with Crippen LogP contribution in [0.1, 0.15) is 18.9 Å². The molecule has 0 fully saturated rings. The molecule has 2 rings (SSSR count). The van der Waals surface area contributed by atoms with E-state index in [0.717, 1.165) is 24.0 Å². The molecule has 1 atom stereocenters. The van der Waals surface area contributed by atoms with Gasteiger partial charge < -0.3 is 4.90 Å². The van der Waals surface area contributed by atoms with Gasteiger partial charge in [0.15, 0.2) is 0 Å². The quantitative estimate of drug-likeness (QED) is 0.779. The molecule has 0 saturated heterocycles. The van der Waals surface area contributed by atoms with E-state index in [2.05, 4.69) is 54.5 Å². The van der Waals surface area contributed by atoms with Gasteiger partial charge in [-0.3, -0.25) is 0 Å². The highest BCUT2D eigenvalue weighted by Gasteiger charge is 2.04. The van der Waals surface area contributed by atoms with Gasteiger partial charge in [0, 0.05) is 24.2 Å². The maximum Gasteiger partial charge on any atom is 0.0645 e. The Labute approximate surface area is 126 Å². The molecule has 0 N–H and O–H groups in total. The smallest absolute Gasteiger partial charge is 0.0645 e. The lowest BCUT2D eigenvalue weighted by Crippen LogP contribution is -2.21. The number of rotatable bonds is 7. The number of benzene rings is 1. The predicted molar refractivity (Wildman–Crippen MR) is 87.5 cm³/mol. The molecule has 0 aliphatic heterocycles. The lowest BCUT2D eigenvalue weighted by molar-refractivity contribution is 0.322. The standard InChI is InChI=1S/C16H23N3S/c1-14(20-3)9-12-18(2)13-15-5-7-16(8-6-15)19-11-4-10-17-19/h4-8,10-11,14H,9,12-13H2,1-3H3/t14-/m0/s1. The first-order valence-corrected chi connectivity index (χ1v) is 8.28. The van der Waals surface area contributed by atoms with E-state index in [-0.39, 0.29) is 0 Å². The molecule has 1 aromatic heterocycles. The van der Waals surface area contributed by atoms with E-state index in [9.17, 15) is 0 Å². The van der Waals surface area contributed by atoms with Gasteiger partial charge in [0.25, 0.3) is 0 Å². The van der Waals surface area contributed by atoms with E-state index >= 15 is 0 Å². The van der Waals surface area contributed by atoms with Crippen LogP contribution in [0.5, 0.6) is 0 Å². The molecular formula is C16H23N3S. The second-order valence-electron chi connectivity index (χ2n) is 5.19. The molecule has 0 unspecified atom stereocenters. The maximum atomic E-state index is 4.24. The first kappa shape index (κ1) is 15.1. The van der Waals surface area contributed by atoms with Crippen molar-refractivity contribution in [1.29, 1.82) is 0 Å². The van der Waals surface area contributed by atoms with Crippen molar-refractivity contribution < 1.29 is 0 Å². The van der Waals surface area contributed by atoms with Gasteiger partial charge >= 0.3 is 0 Å². The summed E-state index contributed by atoms with van der Waals surface area (Å²) in [6.07, 6.45) is 7.18. The highest BCUT2D eigenvalue weighted by Crippen LogP contribution is 2.13. The minimum atomic E-state index is 0.736. The Morgan fingerprint density at radius 1 is 1.30 bits per heavy atom. The number of hydrogen-bond acceptors (Lipinski definition) is 3. The van der Waals surface area contributed by atoms with Gasteiger partial charge in [0.1, 0.15) is 0 Å². The largest absolute Gasteiger partial charge is 0.302 e. The number of hydrogen-bond donors (Lipinski definition) is 0. The molecule has 4 heteroatoms. The molecule has 0 aliphatic carbocycles. The van der Waals surface area contributed by atoms with Crippen LogP contribution >= 0.6 is 11.8 Å². The lowest BCUT2D eigenvalue weighted by Gasteiger charge is -2.18. The molecule has 3 nitrogen and oxygen atoms in total. The Bertz CT molecular complexity index is 493. The fraction of sp³-hybridized carbons (Fsp3) is 0.438. The molecule has 0 radical (unpaired) electrons. The fourth-order valence-corrected chi connectivity index (χ4v) is 2.43. The van der Waals surface area contributed by atoms with Crippen molar-refractivity contribution in [3.8, 4) is 5.69 Å². The fourth-order valence-electron chi connectivity index (χ4n) is 2.09. The molecular weight excluding hydrogens is 266 g/mol. The third kappa shape index (κ3) is 4.39. The summed E-state index contributed by atoms with van der Waals surface area (Å²) in [6, 6.07) is 10.6. The van der Waals surface area contributed by atoms with Crippen LogP contribution in [0.15, 0.2) is 42.7 Å². The molecule has 0 spiro atoms. The van der Waals surface area contributed by atoms with Crippen molar-refractivity contribution in [2.75, 3.05) is 19.8 Å². The van der Waals surface area contributed by atoms with Crippen molar-refractivity contribution in [3.63, 3.8) is 0 Å². The number of aromatic nitrogens is 2. The van der Waals surface area contributed by atoms with E-state index in [1.165, 1.54) is 12.0 Å². The zero-order chi connectivity index (χ0) is 14.4. The van der Waals surface area contributed by atoms with E-state index in [4.69, 9.17) is 0 Å². The van der Waals surface area contributed by atoms with Crippen molar-refractivity contribution in [1.82, 2.24) is 14.7 Å². The Hall–Kier alpha value is -1.26. The monoisotopic (exact) mass is 289 g/mol. The summed E-state index contributed by atoms with van der Waals surface area (Å²) in [5.74, 6) is 0. The number of nitrogens with zero attached hydrogens (tertiary/aromatic N) is 3. The molecule has 1 aromatic carbocycles. The third-order valence-corrected chi connectivity index (χ3v) is 4.52. The molecule has 108 valence electrons. The van der Waals surface area contributed by atoms with Gasteiger partial charge in [0.2, 0.25) is 0 Å². The van der Waals surface area contributed by atoms with Crippen LogP contribution in [0, 0.1) is 0 Å². The summed E-state index contributed by atoms with van der Waals surface area (Å²) >= 11 is 1.94. The highest BCUT2D eigenvalue weighted by atomic mass is 32.2. The van der Waals surface area contributed by atoms with Gasteiger partial charge in [-0.15, -0.1) is 0 Å². The Balaban J connectivity index is 1.87. The van der Waals surface area contributed by atoms with E-state index in [1.54, 1.807) is 6.20 Å². The van der Waals surface area contributed by atoms with Crippen LogP contribution in [0.3, 0.4) is 0 Å². The van der Waals surface area contributed by atoms with Crippen LogP contribution in [0.2, 0.25) is 0 Å². The van der Waals surface area contributed by atoms with Gasteiger partial charge in [-0.2, -0.15) is 16.9 Å². The first-order valence-electron chi connectivity index (χ1n) is 6.99. The minimum Gasteiger partial charge on any atom is -0.302 e. The minimum absolute atomic E-state index is 0.736. The molecule has 0 amide bonds. The molecule has 2 aromatic rings.